The van der Waals surface area contributed by atoms with Gasteiger partial charge in [-0.05, 0) is 44.4 Å². The zero-order valence-corrected chi connectivity index (χ0v) is 18.8. The lowest BCUT2D eigenvalue weighted by molar-refractivity contribution is -0.151. The van der Waals surface area contributed by atoms with Crippen molar-refractivity contribution in [1.29, 1.82) is 0 Å². The van der Waals surface area contributed by atoms with Crippen LogP contribution in [0.5, 0.6) is 0 Å². The summed E-state index contributed by atoms with van der Waals surface area (Å²) in [6, 6.07) is 5.80. The molecule has 0 bridgehead atoms. The average molecular weight is 430 g/mol. The number of allylic oxidation sites excluding steroid dienone is 3. The molecule has 0 aliphatic carbocycles. The van der Waals surface area contributed by atoms with Crippen molar-refractivity contribution in [2.24, 2.45) is 5.92 Å². The highest BCUT2D eigenvalue weighted by molar-refractivity contribution is 5.70. The van der Waals surface area contributed by atoms with E-state index in [1.807, 2.05) is 50.3 Å². The summed E-state index contributed by atoms with van der Waals surface area (Å²) in [6.45, 7) is 7.35. The molecule has 0 radical (unpaired) electrons. The van der Waals surface area contributed by atoms with E-state index in [1.165, 1.54) is 13.0 Å². The topological polar surface area (TPSA) is 99.9 Å². The molecule has 0 aromatic carbocycles. The maximum atomic E-state index is 12.4. The average Bonchev–Trinajstić information content (AvgIpc) is 2.73. The molecule has 3 N–H and O–H groups in total. The fourth-order valence-electron chi connectivity index (χ4n) is 3.51. The number of esters is 1. The molecule has 2 rings (SSSR count). The van der Waals surface area contributed by atoms with Gasteiger partial charge in [0.2, 0.25) is 0 Å². The summed E-state index contributed by atoms with van der Waals surface area (Å²) >= 11 is 0. The Hall–Kier alpha value is -2.28. The molecule has 0 amide bonds. The van der Waals surface area contributed by atoms with Gasteiger partial charge < -0.3 is 20.1 Å². The Bertz CT molecular complexity index is 799. The lowest BCUT2D eigenvalue weighted by Gasteiger charge is -2.30. The van der Waals surface area contributed by atoms with Crippen LogP contribution < -0.4 is 0 Å². The molecule has 1 aromatic rings. The highest BCUT2D eigenvalue weighted by Crippen LogP contribution is 2.25. The second-order valence-corrected chi connectivity index (χ2v) is 8.69. The van der Waals surface area contributed by atoms with E-state index in [4.69, 9.17) is 4.74 Å². The predicted octanol–water partition coefficient (Wildman–Crippen LogP) is 3.45. The molecular weight excluding hydrogens is 394 g/mol. The minimum absolute atomic E-state index is 0.133. The number of carbonyl (C=O) groups excluding carboxylic acids is 1. The number of aliphatic hydroxyl groups is 3. The standard InChI is InChI=1S/C25H35NO5/c1-17(21-10-5-6-15-26-21)8-7-9-18(2)24-19(3)11-12-22(28)25(4,30)14-13-20(27)16-23(29)31-24/h5-12,15,17,19-20,22,24,27-28,30H,13-14,16H2,1-4H3/b8-7+,12-11+,18-9+/t17?,19-,20-,22-,24+,25-/m0/s1. The number of ether oxygens (including phenoxy) is 1. The van der Waals surface area contributed by atoms with Crippen LogP contribution in [-0.2, 0) is 9.53 Å². The number of aliphatic hydroxyl groups excluding tert-OH is 2. The van der Waals surface area contributed by atoms with E-state index in [-0.39, 0.29) is 31.1 Å². The number of hydrogen-bond acceptors (Lipinski definition) is 6. The Kier molecular flexibility index (Phi) is 9.16. The Morgan fingerprint density at radius 3 is 2.74 bits per heavy atom. The number of aromatic nitrogens is 1. The number of cyclic esters (lactones) is 1. The van der Waals surface area contributed by atoms with Gasteiger partial charge in [-0.15, -0.1) is 0 Å². The molecule has 2 heterocycles. The summed E-state index contributed by atoms with van der Waals surface area (Å²) in [5.74, 6) is -0.588. The minimum atomic E-state index is -1.38. The Morgan fingerprint density at radius 2 is 2.06 bits per heavy atom. The molecule has 1 aromatic heterocycles. The molecule has 0 spiro atoms. The van der Waals surface area contributed by atoms with Crippen molar-refractivity contribution in [3.63, 3.8) is 0 Å². The Balaban J connectivity index is 2.21. The maximum absolute atomic E-state index is 12.4. The van der Waals surface area contributed by atoms with Crippen LogP contribution in [0.25, 0.3) is 0 Å². The molecule has 1 aliphatic heterocycles. The first-order valence-corrected chi connectivity index (χ1v) is 10.8. The second-order valence-electron chi connectivity index (χ2n) is 8.69. The van der Waals surface area contributed by atoms with E-state index in [2.05, 4.69) is 11.9 Å². The normalized spacial score (nSPS) is 33.3. The molecule has 1 unspecified atom stereocenters. The van der Waals surface area contributed by atoms with Gasteiger partial charge in [0.25, 0.3) is 0 Å². The first kappa shape index (κ1) is 25.0. The van der Waals surface area contributed by atoms with Gasteiger partial charge in [-0.1, -0.05) is 50.3 Å². The first-order chi connectivity index (χ1) is 14.6. The smallest absolute Gasteiger partial charge is 0.309 e. The number of hydrogen-bond donors (Lipinski definition) is 3. The monoisotopic (exact) mass is 429 g/mol. The van der Waals surface area contributed by atoms with Crippen LogP contribution in [0.15, 0.2) is 60.3 Å². The van der Waals surface area contributed by atoms with Crippen LogP contribution in [0.1, 0.15) is 58.6 Å². The molecule has 31 heavy (non-hydrogen) atoms. The fourth-order valence-corrected chi connectivity index (χ4v) is 3.51. The van der Waals surface area contributed by atoms with Gasteiger partial charge in [0, 0.05) is 23.7 Å². The van der Waals surface area contributed by atoms with Crippen LogP contribution in [0.3, 0.4) is 0 Å². The third kappa shape index (κ3) is 7.73. The van der Waals surface area contributed by atoms with E-state index in [0.29, 0.717) is 0 Å². The van der Waals surface area contributed by atoms with E-state index < -0.39 is 29.9 Å². The van der Waals surface area contributed by atoms with Gasteiger partial charge in [0.05, 0.1) is 18.1 Å². The highest BCUT2D eigenvalue weighted by atomic mass is 16.5. The van der Waals surface area contributed by atoms with E-state index >= 15 is 0 Å². The lowest BCUT2D eigenvalue weighted by Crippen LogP contribution is -2.39. The number of pyridine rings is 1. The summed E-state index contributed by atoms with van der Waals surface area (Å²) in [7, 11) is 0. The predicted molar refractivity (Wildman–Crippen MR) is 120 cm³/mol. The van der Waals surface area contributed by atoms with Gasteiger partial charge in [-0.2, -0.15) is 0 Å². The largest absolute Gasteiger partial charge is 0.457 e. The molecule has 6 nitrogen and oxygen atoms in total. The first-order valence-electron chi connectivity index (χ1n) is 10.8. The van der Waals surface area contributed by atoms with Crippen molar-refractivity contribution in [3.8, 4) is 0 Å². The zero-order valence-electron chi connectivity index (χ0n) is 18.8. The number of nitrogens with zero attached hydrogens (tertiary/aromatic N) is 1. The van der Waals surface area contributed by atoms with E-state index in [1.54, 1.807) is 12.3 Å². The van der Waals surface area contributed by atoms with Gasteiger partial charge in [0.1, 0.15) is 12.2 Å². The maximum Gasteiger partial charge on any atom is 0.309 e. The van der Waals surface area contributed by atoms with Crippen molar-refractivity contribution < 1.29 is 24.9 Å². The summed E-state index contributed by atoms with van der Waals surface area (Å²) in [5.41, 5.74) is 0.418. The van der Waals surface area contributed by atoms with Gasteiger partial charge in [-0.3, -0.25) is 9.78 Å². The van der Waals surface area contributed by atoms with Crippen LogP contribution in [0.2, 0.25) is 0 Å². The summed E-state index contributed by atoms with van der Waals surface area (Å²) in [5, 5.41) is 31.0. The van der Waals surface area contributed by atoms with Crippen molar-refractivity contribution >= 4 is 5.97 Å². The van der Waals surface area contributed by atoms with Crippen LogP contribution >= 0.6 is 0 Å². The number of carbonyl (C=O) groups is 1. The minimum Gasteiger partial charge on any atom is -0.457 e. The Morgan fingerprint density at radius 1 is 1.32 bits per heavy atom. The fraction of sp³-hybridized carbons (Fsp3) is 0.520. The molecule has 6 heteroatoms. The van der Waals surface area contributed by atoms with Crippen LogP contribution in [-0.4, -0.2) is 50.2 Å². The zero-order chi connectivity index (χ0) is 23.0. The van der Waals surface area contributed by atoms with Crippen molar-refractivity contribution in [2.75, 3.05) is 0 Å². The molecule has 6 atom stereocenters. The Labute approximate surface area is 185 Å². The highest BCUT2D eigenvalue weighted by Gasteiger charge is 2.31. The third-order valence-electron chi connectivity index (χ3n) is 5.72. The van der Waals surface area contributed by atoms with Gasteiger partial charge in [0.15, 0.2) is 0 Å². The molecule has 0 saturated heterocycles. The summed E-state index contributed by atoms with van der Waals surface area (Å²) < 4.78 is 5.69. The van der Waals surface area contributed by atoms with Crippen molar-refractivity contribution in [3.05, 3.63) is 66.0 Å². The SMILES string of the molecule is C/C(=C\C=C\C(C)c1ccccn1)[C@H]1OC(=O)C[C@@H](O)CC[C@](C)(O)[C@@H](O)/C=C/[C@@H]1C. The second kappa shape index (κ2) is 11.4. The van der Waals surface area contributed by atoms with Crippen LogP contribution in [0.4, 0.5) is 0 Å². The van der Waals surface area contributed by atoms with Crippen molar-refractivity contribution in [2.45, 2.75) is 76.8 Å². The van der Waals surface area contributed by atoms with E-state index in [9.17, 15) is 20.1 Å². The third-order valence-corrected chi connectivity index (χ3v) is 5.72. The molecule has 170 valence electrons. The summed E-state index contributed by atoms with van der Waals surface area (Å²) in [6.07, 6.45) is 8.53. The van der Waals surface area contributed by atoms with Gasteiger partial charge >= 0.3 is 5.97 Å². The van der Waals surface area contributed by atoms with E-state index in [0.717, 1.165) is 11.3 Å². The van der Waals surface area contributed by atoms with Crippen molar-refractivity contribution in [1.82, 2.24) is 4.98 Å². The lowest BCUT2D eigenvalue weighted by atomic mass is 9.89. The summed E-state index contributed by atoms with van der Waals surface area (Å²) in [4.78, 5) is 16.7. The molecule has 0 saturated carbocycles. The molecule has 0 fully saturated rings. The quantitative estimate of drug-likeness (QED) is 0.385. The molecular formula is C25H35NO5. The van der Waals surface area contributed by atoms with Crippen LogP contribution in [0, 0.1) is 5.92 Å². The van der Waals surface area contributed by atoms with Gasteiger partial charge in [-0.25, -0.2) is 0 Å². The molecule has 1 aliphatic rings. The number of rotatable bonds is 4.